The highest BCUT2D eigenvalue weighted by atomic mass is 16.7. The molecule has 0 bridgehead atoms. The van der Waals surface area contributed by atoms with Gasteiger partial charge in [-0.3, -0.25) is 0 Å². The lowest BCUT2D eigenvalue weighted by Gasteiger charge is -2.64. The van der Waals surface area contributed by atoms with Crippen molar-refractivity contribution in [3.05, 3.63) is 11.6 Å². The van der Waals surface area contributed by atoms with E-state index in [0.717, 1.165) is 37.7 Å². The van der Waals surface area contributed by atoms with Crippen molar-refractivity contribution < 1.29 is 69.0 Å². The van der Waals surface area contributed by atoms with Crippen molar-refractivity contribution in [2.45, 2.75) is 151 Å². The Kier molecular flexibility index (Phi) is 10.0. The third-order valence-electron chi connectivity index (χ3n) is 14.5. The molecule has 3 aliphatic heterocycles. The Balaban J connectivity index is 1.01. The highest BCUT2D eigenvalue weighted by Crippen LogP contribution is 2.70. The molecule has 3 heterocycles. The van der Waals surface area contributed by atoms with Crippen LogP contribution in [-0.2, 0) is 33.2 Å². The van der Waals surface area contributed by atoms with E-state index in [-0.39, 0.29) is 41.5 Å². The maximum atomic E-state index is 12.5. The molecule has 0 amide bonds. The van der Waals surface area contributed by atoms with E-state index in [2.05, 4.69) is 13.8 Å². The number of fused-ring (bicyclic) bond motifs is 5. The monoisotopic (exact) mass is 712 g/mol. The van der Waals surface area contributed by atoms with Gasteiger partial charge in [-0.25, -0.2) is 4.79 Å². The van der Waals surface area contributed by atoms with E-state index < -0.39 is 91.2 Å². The molecular formula is C36H56O14. The normalized spacial score (nSPS) is 55.1. The molecule has 6 fully saturated rings. The highest BCUT2D eigenvalue weighted by molar-refractivity contribution is 5.85. The molecule has 4 saturated carbocycles. The second-order valence-electron chi connectivity index (χ2n) is 16.6. The van der Waals surface area contributed by atoms with E-state index in [1.165, 1.54) is 7.11 Å². The van der Waals surface area contributed by atoms with Crippen LogP contribution in [-0.4, -0.2) is 141 Å². The predicted octanol–water partition coefficient (Wildman–Crippen LogP) is -0.0948. The van der Waals surface area contributed by atoms with E-state index in [9.17, 15) is 40.5 Å². The molecule has 0 unspecified atom stereocenters. The van der Waals surface area contributed by atoms with Gasteiger partial charge in [0.2, 0.25) is 0 Å². The van der Waals surface area contributed by atoms with Gasteiger partial charge >= 0.3 is 5.97 Å². The lowest BCUT2D eigenvalue weighted by atomic mass is 9.42. The molecule has 0 spiro atoms. The number of ether oxygens (including phenoxy) is 6. The van der Waals surface area contributed by atoms with Crippen molar-refractivity contribution in [3.63, 3.8) is 0 Å². The summed E-state index contributed by atoms with van der Waals surface area (Å²) in [6.45, 7) is 5.60. The zero-order valence-corrected chi connectivity index (χ0v) is 29.4. The van der Waals surface area contributed by atoms with Crippen molar-refractivity contribution in [2.75, 3.05) is 20.3 Å². The third kappa shape index (κ3) is 5.63. The summed E-state index contributed by atoms with van der Waals surface area (Å²) in [4.78, 5) is 11.9. The molecule has 19 atom stereocenters. The van der Waals surface area contributed by atoms with Gasteiger partial charge in [-0.05, 0) is 86.5 Å². The summed E-state index contributed by atoms with van der Waals surface area (Å²) in [5.74, 6) is -0.0371. The van der Waals surface area contributed by atoms with Gasteiger partial charge in [0.25, 0.3) is 0 Å². The smallest absolute Gasteiger partial charge is 0.331 e. The van der Waals surface area contributed by atoms with Crippen LogP contribution in [0.3, 0.4) is 0 Å². The molecule has 7 rings (SSSR count). The Labute approximate surface area is 292 Å². The summed E-state index contributed by atoms with van der Waals surface area (Å²) < 4.78 is 34.2. The number of cyclic esters (lactones) is 1. The fourth-order valence-electron chi connectivity index (χ4n) is 11.6. The van der Waals surface area contributed by atoms with Crippen LogP contribution in [0.2, 0.25) is 0 Å². The molecular weight excluding hydrogens is 656 g/mol. The van der Waals surface area contributed by atoms with Crippen molar-refractivity contribution in [2.24, 2.45) is 34.5 Å². The van der Waals surface area contributed by atoms with Gasteiger partial charge in [0.15, 0.2) is 12.6 Å². The summed E-state index contributed by atoms with van der Waals surface area (Å²) in [6, 6.07) is 0. The van der Waals surface area contributed by atoms with Crippen LogP contribution in [0.4, 0.5) is 0 Å². The summed E-state index contributed by atoms with van der Waals surface area (Å²) in [5.41, 5.74) is -0.775. The van der Waals surface area contributed by atoms with Gasteiger partial charge < -0.3 is 64.2 Å². The first-order valence-electron chi connectivity index (χ1n) is 18.4. The van der Waals surface area contributed by atoms with Crippen LogP contribution in [0.25, 0.3) is 0 Å². The lowest BCUT2D eigenvalue weighted by molar-refractivity contribution is -0.363. The van der Waals surface area contributed by atoms with E-state index in [1.807, 2.05) is 0 Å². The minimum absolute atomic E-state index is 0.0104. The molecule has 50 heavy (non-hydrogen) atoms. The second kappa shape index (κ2) is 13.5. The lowest BCUT2D eigenvalue weighted by Crippen LogP contribution is -2.66. The van der Waals surface area contributed by atoms with Gasteiger partial charge in [-0.2, -0.15) is 0 Å². The second-order valence-corrected chi connectivity index (χ2v) is 16.6. The zero-order chi connectivity index (χ0) is 35.9. The summed E-state index contributed by atoms with van der Waals surface area (Å²) in [5, 5.41) is 77.9. The van der Waals surface area contributed by atoms with Gasteiger partial charge in [-0.15, -0.1) is 0 Å². The molecule has 0 aromatic carbocycles. The minimum atomic E-state index is -1.59. The van der Waals surface area contributed by atoms with Crippen LogP contribution in [0, 0.1) is 34.5 Å². The topological polar surface area (TPSA) is 214 Å². The number of rotatable bonds is 7. The Morgan fingerprint density at radius 1 is 0.860 bits per heavy atom. The van der Waals surface area contributed by atoms with Crippen LogP contribution >= 0.6 is 0 Å². The standard InChI is InChI=1S/C36H56O14/c1-16-26(40)31(45-4)29(43)33(47-16)50-30-23(14-37)49-32(28(42)27(30)41)48-19-12-18-5-6-22-21(35(18,3)24(38)13-19)7-9-34(2)20(8-10-36(22,34)44)17-11-25(39)46-15-17/h11,16,18-24,26-33,37-38,40-44H,5-10,12-15H2,1-4H3/t16-,18-,19+,20+,21-,22+,23-,24+,26+,27+,28+,29-,30+,31+,32+,33+,34+,35-,36-/m0/s1. The third-order valence-corrected chi connectivity index (χ3v) is 14.5. The quantitative estimate of drug-likeness (QED) is 0.136. The average molecular weight is 713 g/mol. The number of esters is 1. The SMILES string of the molecule is CO[C@H]1[C@H](O)[C@@H](O[C@H]2[C@H](O)[C@@H](O)[C@H](O[C@@H]3C[C@@H]4CC[C@@H]5[C@H](CC[C@]6(C)[C@@H](C7=CC(=O)OC7)CC[C@]56O)[C@@]4(C)[C@H](O)C3)O[C@H]2CO)O[C@@H](C)[C@H]1O. The number of hydrogen-bond donors (Lipinski definition) is 7. The Bertz CT molecular complexity index is 1300. The Morgan fingerprint density at radius 3 is 2.28 bits per heavy atom. The number of carbonyl (C=O) groups excluding carboxylic acids is 1. The average Bonchev–Trinajstić information content (AvgIpc) is 3.63. The number of aliphatic hydroxyl groups excluding tert-OH is 6. The van der Waals surface area contributed by atoms with E-state index in [1.54, 1.807) is 13.0 Å². The first kappa shape index (κ1) is 37.1. The maximum Gasteiger partial charge on any atom is 0.331 e. The Morgan fingerprint density at radius 2 is 1.60 bits per heavy atom. The molecule has 0 radical (unpaired) electrons. The summed E-state index contributed by atoms with van der Waals surface area (Å²) in [7, 11) is 1.33. The molecule has 0 aromatic rings. The van der Waals surface area contributed by atoms with Crippen molar-refractivity contribution in [3.8, 4) is 0 Å². The van der Waals surface area contributed by atoms with E-state index >= 15 is 0 Å². The van der Waals surface area contributed by atoms with Gasteiger partial charge in [0.1, 0.15) is 49.3 Å². The van der Waals surface area contributed by atoms with E-state index in [0.29, 0.717) is 19.4 Å². The zero-order valence-electron chi connectivity index (χ0n) is 29.4. The molecule has 2 saturated heterocycles. The predicted molar refractivity (Wildman–Crippen MR) is 172 cm³/mol. The summed E-state index contributed by atoms with van der Waals surface area (Å²) in [6.07, 6.45) is -6.71. The first-order valence-corrected chi connectivity index (χ1v) is 18.4. The van der Waals surface area contributed by atoms with E-state index in [4.69, 9.17) is 28.4 Å². The molecule has 0 aromatic heterocycles. The largest absolute Gasteiger partial charge is 0.458 e. The molecule has 14 heteroatoms. The number of aliphatic hydroxyl groups is 7. The van der Waals surface area contributed by atoms with Crippen molar-refractivity contribution in [1.82, 2.24) is 0 Å². The molecule has 14 nitrogen and oxygen atoms in total. The van der Waals surface area contributed by atoms with Crippen molar-refractivity contribution in [1.29, 1.82) is 0 Å². The molecule has 7 N–H and O–H groups in total. The molecule has 4 aliphatic carbocycles. The van der Waals surface area contributed by atoms with Crippen molar-refractivity contribution >= 4 is 5.97 Å². The summed E-state index contributed by atoms with van der Waals surface area (Å²) >= 11 is 0. The number of methoxy groups -OCH3 is 1. The molecule has 7 aliphatic rings. The van der Waals surface area contributed by atoms with Gasteiger partial charge in [0.05, 0.1) is 30.5 Å². The number of hydrogen-bond acceptors (Lipinski definition) is 14. The van der Waals surface area contributed by atoms with Crippen LogP contribution < -0.4 is 0 Å². The fraction of sp³-hybridized carbons (Fsp3) is 0.917. The van der Waals surface area contributed by atoms with Gasteiger partial charge in [0, 0.05) is 25.0 Å². The minimum Gasteiger partial charge on any atom is -0.458 e. The van der Waals surface area contributed by atoms with Crippen LogP contribution in [0.5, 0.6) is 0 Å². The fourth-order valence-corrected chi connectivity index (χ4v) is 11.6. The first-order chi connectivity index (χ1) is 23.7. The Hall–Kier alpha value is -1.27. The maximum absolute atomic E-state index is 12.5. The van der Waals surface area contributed by atoms with Crippen LogP contribution in [0.1, 0.15) is 72.1 Å². The highest BCUT2D eigenvalue weighted by Gasteiger charge is 2.69. The van der Waals surface area contributed by atoms with Crippen LogP contribution in [0.15, 0.2) is 11.6 Å². The molecule has 284 valence electrons. The van der Waals surface area contributed by atoms with Gasteiger partial charge in [-0.1, -0.05) is 13.8 Å². The number of carbonyl (C=O) groups is 1.